The number of rotatable bonds is 8. The zero-order valence-electron chi connectivity index (χ0n) is 15.8. The van der Waals surface area contributed by atoms with Crippen LogP contribution in [0.3, 0.4) is 0 Å². The van der Waals surface area contributed by atoms with Crippen molar-refractivity contribution in [2.75, 3.05) is 19.8 Å². The highest BCUT2D eigenvalue weighted by molar-refractivity contribution is 6.32. The first-order chi connectivity index (χ1) is 14.7. The van der Waals surface area contributed by atoms with Crippen molar-refractivity contribution in [1.82, 2.24) is 15.1 Å². The molecule has 0 atom stereocenters. The minimum Gasteiger partial charge on any atom is -0.492 e. The van der Waals surface area contributed by atoms with Gasteiger partial charge in [-0.05, 0) is 36.4 Å². The number of ether oxygens (including phenoxy) is 2. The van der Waals surface area contributed by atoms with Crippen LogP contribution in [0.5, 0.6) is 11.6 Å². The molecule has 0 aliphatic rings. The Labute approximate surface area is 179 Å². The molecule has 164 valence electrons. The monoisotopic (exact) mass is 457 g/mol. The molecule has 11 heteroatoms. The number of amides is 1. The fraction of sp³-hybridized carbons (Fsp3) is 0.200. The van der Waals surface area contributed by atoms with Crippen molar-refractivity contribution in [3.05, 3.63) is 71.1 Å². The number of aromatic nitrogens is 2. The minimum absolute atomic E-state index is 0.104. The van der Waals surface area contributed by atoms with Gasteiger partial charge < -0.3 is 14.8 Å². The number of hydrogen-bond donors (Lipinski definition) is 1. The number of carbonyl (C=O) groups is 1. The van der Waals surface area contributed by atoms with Crippen molar-refractivity contribution in [3.8, 4) is 17.3 Å². The second-order valence-electron chi connectivity index (χ2n) is 6.17. The molecule has 0 aliphatic carbocycles. The van der Waals surface area contributed by atoms with Gasteiger partial charge >= 0.3 is 6.18 Å². The van der Waals surface area contributed by atoms with Crippen LogP contribution in [0.1, 0.15) is 5.69 Å². The fourth-order valence-electron chi connectivity index (χ4n) is 2.48. The lowest BCUT2D eigenvalue weighted by Crippen LogP contribution is -2.32. The van der Waals surface area contributed by atoms with Gasteiger partial charge in [0.25, 0.3) is 5.91 Å². The summed E-state index contributed by atoms with van der Waals surface area (Å²) in [6, 6.07) is 12.2. The van der Waals surface area contributed by atoms with Crippen LogP contribution >= 0.6 is 11.6 Å². The summed E-state index contributed by atoms with van der Waals surface area (Å²) in [5.74, 6) is -0.848. The Kier molecular flexibility index (Phi) is 7.01. The van der Waals surface area contributed by atoms with Crippen LogP contribution in [-0.2, 0) is 11.0 Å². The Hall–Kier alpha value is -3.27. The van der Waals surface area contributed by atoms with Crippen LogP contribution in [0, 0.1) is 5.82 Å². The SMILES string of the molecule is O=C(COc1cc(C(F)(F)F)nn1-c1ccccc1Cl)NCCOc1ccc(F)cc1. The van der Waals surface area contributed by atoms with Crippen LogP contribution in [0.15, 0.2) is 54.6 Å². The highest BCUT2D eigenvalue weighted by atomic mass is 35.5. The lowest BCUT2D eigenvalue weighted by molar-refractivity contribution is -0.141. The summed E-state index contributed by atoms with van der Waals surface area (Å²) in [6.45, 7) is -0.339. The van der Waals surface area contributed by atoms with Crippen LogP contribution in [0.25, 0.3) is 5.69 Å². The van der Waals surface area contributed by atoms with Gasteiger partial charge in [-0.1, -0.05) is 23.7 Å². The van der Waals surface area contributed by atoms with E-state index in [9.17, 15) is 22.4 Å². The predicted octanol–water partition coefficient (Wildman–Crippen LogP) is 4.26. The number of alkyl halides is 3. The summed E-state index contributed by atoms with van der Waals surface area (Å²) in [5, 5.41) is 6.17. The summed E-state index contributed by atoms with van der Waals surface area (Å²) in [6.07, 6.45) is -4.70. The summed E-state index contributed by atoms with van der Waals surface area (Å²) < 4.78 is 63.6. The molecule has 0 bridgehead atoms. The fourth-order valence-corrected chi connectivity index (χ4v) is 2.70. The average Bonchev–Trinajstić information content (AvgIpc) is 3.16. The van der Waals surface area contributed by atoms with Crippen LogP contribution in [-0.4, -0.2) is 35.4 Å². The summed E-state index contributed by atoms with van der Waals surface area (Å²) >= 11 is 6.05. The molecule has 1 heterocycles. The van der Waals surface area contributed by atoms with E-state index in [1.807, 2.05) is 0 Å². The number of nitrogens with one attached hydrogen (secondary N) is 1. The minimum atomic E-state index is -4.70. The second kappa shape index (κ2) is 9.69. The van der Waals surface area contributed by atoms with Gasteiger partial charge in [0.05, 0.1) is 17.3 Å². The van der Waals surface area contributed by atoms with E-state index in [0.29, 0.717) is 11.8 Å². The molecular weight excluding hydrogens is 442 g/mol. The first kappa shape index (κ1) is 22.4. The van der Waals surface area contributed by atoms with Gasteiger partial charge in [0.15, 0.2) is 12.3 Å². The molecule has 1 amide bonds. The Balaban J connectivity index is 1.58. The van der Waals surface area contributed by atoms with Crippen molar-refractivity contribution in [2.24, 2.45) is 0 Å². The quantitative estimate of drug-likeness (QED) is 0.405. The average molecular weight is 458 g/mol. The smallest absolute Gasteiger partial charge is 0.435 e. The Morgan fingerprint density at radius 3 is 2.48 bits per heavy atom. The molecule has 0 unspecified atom stereocenters. The number of carbonyl (C=O) groups excluding carboxylic acids is 1. The van der Waals surface area contributed by atoms with E-state index >= 15 is 0 Å². The number of halogens is 5. The number of benzene rings is 2. The number of nitrogens with zero attached hydrogens (tertiary/aromatic N) is 2. The number of hydrogen-bond acceptors (Lipinski definition) is 4. The number of para-hydroxylation sites is 1. The summed E-state index contributed by atoms with van der Waals surface area (Å²) in [5.41, 5.74) is -1.02. The van der Waals surface area contributed by atoms with Crippen molar-refractivity contribution >= 4 is 17.5 Å². The molecule has 0 aliphatic heterocycles. The maximum absolute atomic E-state index is 13.1. The lowest BCUT2D eigenvalue weighted by Gasteiger charge is -2.11. The van der Waals surface area contributed by atoms with Crippen LogP contribution < -0.4 is 14.8 Å². The van der Waals surface area contributed by atoms with Gasteiger partial charge in [0.1, 0.15) is 18.2 Å². The largest absolute Gasteiger partial charge is 0.492 e. The molecule has 1 N–H and O–H groups in total. The highest BCUT2D eigenvalue weighted by Crippen LogP contribution is 2.33. The van der Waals surface area contributed by atoms with E-state index in [4.69, 9.17) is 21.1 Å². The molecule has 0 radical (unpaired) electrons. The van der Waals surface area contributed by atoms with Crippen molar-refractivity contribution in [2.45, 2.75) is 6.18 Å². The molecular formula is C20H16ClF4N3O3. The van der Waals surface area contributed by atoms with Gasteiger partial charge in [-0.25, -0.2) is 4.39 Å². The van der Waals surface area contributed by atoms with Gasteiger partial charge in [0.2, 0.25) is 5.88 Å². The van der Waals surface area contributed by atoms with Gasteiger partial charge in [-0.3, -0.25) is 4.79 Å². The molecule has 0 saturated heterocycles. The molecule has 0 spiro atoms. The molecule has 6 nitrogen and oxygen atoms in total. The molecule has 0 fully saturated rings. The van der Waals surface area contributed by atoms with E-state index in [0.717, 1.165) is 4.68 Å². The molecule has 3 aromatic rings. The zero-order valence-corrected chi connectivity index (χ0v) is 16.6. The Morgan fingerprint density at radius 1 is 1.10 bits per heavy atom. The third-order valence-corrected chi connectivity index (χ3v) is 4.23. The normalized spacial score (nSPS) is 11.3. The standard InChI is InChI=1S/C20H16ClF4N3O3/c21-15-3-1-2-4-16(15)28-19(11-17(27-28)20(23,24)25)31-12-18(29)26-9-10-30-14-7-5-13(22)6-8-14/h1-8,11H,9-10,12H2,(H,26,29). The third-order valence-electron chi connectivity index (χ3n) is 3.91. The van der Waals surface area contributed by atoms with E-state index < -0.39 is 30.2 Å². The van der Waals surface area contributed by atoms with Crippen LogP contribution in [0.4, 0.5) is 17.6 Å². The van der Waals surface area contributed by atoms with Crippen molar-refractivity contribution in [1.29, 1.82) is 0 Å². The van der Waals surface area contributed by atoms with Crippen LogP contribution in [0.2, 0.25) is 5.02 Å². The second-order valence-corrected chi connectivity index (χ2v) is 6.58. The third kappa shape index (κ3) is 6.11. The highest BCUT2D eigenvalue weighted by Gasteiger charge is 2.36. The first-order valence-corrected chi connectivity index (χ1v) is 9.32. The molecule has 31 heavy (non-hydrogen) atoms. The van der Waals surface area contributed by atoms with Crippen molar-refractivity contribution in [3.63, 3.8) is 0 Å². The van der Waals surface area contributed by atoms with E-state index in [2.05, 4.69) is 10.4 Å². The van der Waals surface area contributed by atoms with Gasteiger partial charge in [0, 0.05) is 6.07 Å². The Bertz CT molecular complexity index is 1040. The summed E-state index contributed by atoms with van der Waals surface area (Å²) in [4.78, 5) is 12.0. The maximum Gasteiger partial charge on any atom is 0.435 e. The predicted molar refractivity (Wildman–Crippen MR) is 104 cm³/mol. The molecule has 3 rings (SSSR count). The molecule has 0 saturated carbocycles. The van der Waals surface area contributed by atoms with E-state index in [-0.39, 0.29) is 29.7 Å². The summed E-state index contributed by atoms with van der Waals surface area (Å²) in [7, 11) is 0. The molecule has 2 aromatic carbocycles. The van der Waals surface area contributed by atoms with Gasteiger partial charge in [-0.15, -0.1) is 0 Å². The maximum atomic E-state index is 13.1. The zero-order chi connectivity index (χ0) is 22.4. The van der Waals surface area contributed by atoms with Crippen molar-refractivity contribution < 1.29 is 31.8 Å². The lowest BCUT2D eigenvalue weighted by atomic mass is 10.3. The van der Waals surface area contributed by atoms with E-state index in [1.54, 1.807) is 12.1 Å². The first-order valence-electron chi connectivity index (χ1n) is 8.94. The van der Waals surface area contributed by atoms with E-state index in [1.165, 1.54) is 36.4 Å². The topological polar surface area (TPSA) is 65.4 Å². The van der Waals surface area contributed by atoms with Gasteiger partial charge in [-0.2, -0.15) is 23.0 Å². The Morgan fingerprint density at radius 2 is 1.81 bits per heavy atom. The molecule has 1 aromatic heterocycles.